The first-order chi connectivity index (χ1) is 9.10. The van der Waals surface area contributed by atoms with Gasteiger partial charge in [-0.25, -0.2) is 0 Å². The Morgan fingerprint density at radius 1 is 1.26 bits per heavy atom. The average molecular weight is 326 g/mol. The molecule has 2 nitrogen and oxygen atoms in total. The molecule has 1 unspecified atom stereocenters. The van der Waals surface area contributed by atoms with Crippen molar-refractivity contribution >= 4 is 15.9 Å². The van der Waals surface area contributed by atoms with Gasteiger partial charge in [-0.1, -0.05) is 41.9 Å². The molecule has 2 rings (SSSR count). The number of rotatable bonds is 6. The van der Waals surface area contributed by atoms with Gasteiger partial charge in [-0.05, 0) is 48.8 Å². The average Bonchev–Trinajstić information content (AvgIpc) is 2.33. The van der Waals surface area contributed by atoms with Crippen LogP contribution in [0, 0.1) is 5.92 Å². The summed E-state index contributed by atoms with van der Waals surface area (Å²) in [5, 5.41) is 12.8. The normalized spacial score (nSPS) is 24.3. The predicted octanol–water partition coefficient (Wildman–Crippen LogP) is 3.69. The minimum absolute atomic E-state index is 0.276. The molecule has 1 aromatic carbocycles. The van der Waals surface area contributed by atoms with E-state index in [-0.39, 0.29) is 6.61 Å². The zero-order valence-corrected chi connectivity index (χ0v) is 13.4. The maximum Gasteiger partial charge on any atom is 0.0445 e. The van der Waals surface area contributed by atoms with Crippen molar-refractivity contribution in [2.24, 2.45) is 5.92 Å². The summed E-state index contributed by atoms with van der Waals surface area (Å²) in [6.45, 7) is 4.72. The van der Waals surface area contributed by atoms with E-state index in [1.807, 2.05) is 0 Å². The van der Waals surface area contributed by atoms with E-state index in [9.17, 15) is 0 Å². The lowest BCUT2D eigenvalue weighted by Crippen LogP contribution is -2.47. The Hall–Kier alpha value is -0.380. The smallest absolute Gasteiger partial charge is 0.0445 e. The van der Waals surface area contributed by atoms with Crippen LogP contribution in [0.5, 0.6) is 0 Å². The van der Waals surface area contributed by atoms with Gasteiger partial charge >= 0.3 is 0 Å². The van der Waals surface area contributed by atoms with Gasteiger partial charge in [-0.15, -0.1) is 0 Å². The number of hydrogen-bond donors (Lipinski definition) is 2. The molecular weight excluding hydrogens is 302 g/mol. The number of nitrogens with one attached hydrogen (secondary N) is 1. The minimum Gasteiger partial charge on any atom is -0.396 e. The second-order valence-electron chi connectivity index (χ2n) is 5.95. The number of halogens is 1. The lowest BCUT2D eigenvalue weighted by Gasteiger charge is -2.39. The highest BCUT2D eigenvalue weighted by molar-refractivity contribution is 9.10. The molecule has 1 fully saturated rings. The van der Waals surface area contributed by atoms with Crippen molar-refractivity contribution in [3.05, 3.63) is 34.3 Å². The van der Waals surface area contributed by atoms with Crippen LogP contribution in [-0.2, 0) is 0 Å². The molecule has 1 atom stereocenters. The molecule has 0 saturated heterocycles. The Morgan fingerprint density at radius 2 is 1.89 bits per heavy atom. The van der Waals surface area contributed by atoms with E-state index in [4.69, 9.17) is 5.11 Å². The zero-order chi connectivity index (χ0) is 13.8. The van der Waals surface area contributed by atoms with Crippen molar-refractivity contribution < 1.29 is 5.11 Å². The second kappa shape index (κ2) is 6.87. The van der Waals surface area contributed by atoms with E-state index < -0.39 is 0 Å². The molecule has 0 bridgehead atoms. The molecule has 0 spiro atoms. The largest absolute Gasteiger partial charge is 0.396 e. The van der Waals surface area contributed by atoms with E-state index in [1.165, 1.54) is 18.4 Å². The Balaban J connectivity index is 1.80. The Morgan fingerprint density at radius 3 is 2.42 bits per heavy atom. The SMILES string of the molecule is CC(C)C(CCO)NC1CC(c2ccc(Br)cc2)C1. The third-order valence-corrected chi connectivity index (χ3v) is 4.70. The van der Waals surface area contributed by atoms with Gasteiger partial charge in [0, 0.05) is 23.2 Å². The first-order valence-corrected chi connectivity index (χ1v) is 8.01. The monoisotopic (exact) mass is 325 g/mol. The quantitative estimate of drug-likeness (QED) is 0.836. The van der Waals surface area contributed by atoms with Crippen LogP contribution < -0.4 is 5.32 Å². The zero-order valence-electron chi connectivity index (χ0n) is 11.8. The molecule has 0 radical (unpaired) electrons. The highest BCUT2D eigenvalue weighted by Gasteiger charge is 2.31. The molecule has 1 aliphatic rings. The fourth-order valence-corrected chi connectivity index (χ4v) is 3.08. The third kappa shape index (κ3) is 4.04. The lowest BCUT2D eigenvalue weighted by atomic mass is 9.75. The van der Waals surface area contributed by atoms with Crippen molar-refractivity contribution in [1.82, 2.24) is 5.32 Å². The van der Waals surface area contributed by atoms with E-state index >= 15 is 0 Å². The fourth-order valence-electron chi connectivity index (χ4n) is 2.81. The van der Waals surface area contributed by atoms with Gasteiger partial charge in [0.15, 0.2) is 0 Å². The molecule has 19 heavy (non-hydrogen) atoms. The van der Waals surface area contributed by atoms with Gasteiger partial charge in [-0.2, -0.15) is 0 Å². The molecule has 1 aliphatic carbocycles. The highest BCUT2D eigenvalue weighted by Crippen LogP contribution is 2.37. The Bertz CT molecular complexity index is 384. The first kappa shape index (κ1) is 15.0. The summed E-state index contributed by atoms with van der Waals surface area (Å²) in [5.74, 6) is 1.28. The minimum atomic E-state index is 0.276. The first-order valence-electron chi connectivity index (χ1n) is 7.22. The van der Waals surface area contributed by atoms with Gasteiger partial charge in [-0.3, -0.25) is 0 Å². The van der Waals surface area contributed by atoms with Crippen molar-refractivity contribution in [3.63, 3.8) is 0 Å². The number of hydrogen-bond acceptors (Lipinski definition) is 2. The van der Waals surface area contributed by atoms with Crippen LogP contribution in [0.3, 0.4) is 0 Å². The Labute approximate surface area is 124 Å². The summed E-state index contributed by atoms with van der Waals surface area (Å²) >= 11 is 3.48. The van der Waals surface area contributed by atoms with E-state index in [0.29, 0.717) is 23.9 Å². The van der Waals surface area contributed by atoms with Crippen molar-refractivity contribution in [2.45, 2.75) is 51.1 Å². The second-order valence-corrected chi connectivity index (χ2v) is 6.86. The maximum absolute atomic E-state index is 9.10. The van der Waals surface area contributed by atoms with Crippen LogP contribution in [0.2, 0.25) is 0 Å². The fraction of sp³-hybridized carbons (Fsp3) is 0.625. The van der Waals surface area contributed by atoms with Crippen molar-refractivity contribution in [3.8, 4) is 0 Å². The molecule has 0 heterocycles. The summed E-state index contributed by atoms with van der Waals surface area (Å²) in [4.78, 5) is 0. The molecule has 106 valence electrons. The van der Waals surface area contributed by atoms with Gasteiger partial charge in [0.25, 0.3) is 0 Å². The van der Waals surface area contributed by atoms with Gasteiger partial charge < -0.3 is 10.4 Å². The van der Waals surface area contributed by atoms with Gasteiger partial charge in [0.05, 0.1) is 0 Å². The van der Waals surface area contributed by atoms with Crippen LogP contribution in [0.1, 0.15) is 44.6 Å². The van der Waals surface area contributed by atoms with E-state index in [0.717, 1.165) is 10.9 Å². The van der Waals surface area contributed by atoms with Crippen molar-refractivity contribution in [2.75, 3.05) is 6.61 Å². The van der Waals surface area contributed by atoms with Gasteiger partial charge in [0.2, 0.25) is 0 Å². The third-order valence-electron chi connectivity index (χ3n) is 4.17. The molecule has 1 saturated carbocycles. The summed E-state index contributed by atoms with van der Waals surface area (Å²) < 4.78 is 1.15. The molecular formula is C16H24BrNO. The lowest BCUT2D eigenvalue weighted by molar-refractivity contribution is 0.199. The van der Waals surface area contributed by atoms with Crippen LogP contribution in [0.15, 0.2) is 28.7 Å². The van der Waals surface area contributed by atoms with Crippen molar-refractivity contribution in [1.29, 1.82) is 0 Å². The van der Waals surface area contributed by atoms with E-state index in [2.05, 4.69) is 59.4 Å². The predicted molar refractivity (Wildman–Crippen MR) is 83.4 cm³/mol. The number of aliphatic hydroxyl groups excluding tert-OH is 1. The van der Waals surface area contributed by atoms with Crippen LogP contribution in [0.4, 0.5) is 0 Å². The summed E-state index contributed by atoms with van der Waals surface area (Å²) in [6.07, 6.45) is 3.30. The maximum atomic E-state index is 9.10. The highest BCUT2D eigenvalue weighted by atomic mass is 79.9. The number of aliphatic hydroxyl groups is 1. The molecule has 2 N–H and O–H groups in total. The summed E-state index contributed by atoms with van der Waals surface area (Å²) in [5.41, 5.74) is 1.45. The standard InChI is InChI=1S/C16H24BrNO/c1-11(2)16(7-8-19)18-15-9-13(10-15)12-3-5-14(17)6-4-12/h3-6,11,13,15-16,18-19H,7-10H2,1-2H3. The van der Waals surface area contributed by atoms with E-state index in [1.54, 1.807) is 0 Å². The van der Waals surface area contributed by atoms with Crippen LogP contribution in [-0.4, -0.2) is 23.8 Å². The number of benzene rings is 1. The van der Waals surface area contributed by atoms with Crippen LogP contribution in [0.25, 0.3) is 0 Å². The Kier molecular flexibility index (Phi) is 5.43. The molecule has 3 heteroatoms. The summed E-state index contributed by atoms with van der Waals surface area (Å²) in [6, 6.07) is 9.75. The topological polar surface area (TPSA) is 32.3 Å². The molecule has 0 amide bonds. The molecule has 0 aliphatic heterocycles. The van der Waals surface area contributed by atoms with Crippen LogP contribution >= 0.6 is 15.9 Å². The summed E-state index contributed by atoms with van der Waals surface area (Å²) in [7, 11) is 0. The molecule has 0 aromatic heterocycles. The molecule has 1 aromatic rings. The van der Waals surface area contributed by atoms with Gasteiger partial charge in [0.1, 0.15) is 0 Å².